The predicted octanol–water partition coefficient (Wildman–Crippen LogP) is 0.772. The van der Waals surface area contributed by atoms with Crippen LogP contribution in [-0.4, -0.2) is 29.2 Å². The fourth-order valence-corrected chi connectivity index (χ4v) is 2.81. The lowest BCUT2D eigenvalue weighted by Gasteiger charge is -2.18. The van der Waals surface area contributed by atoms with Gasteiger partial charge in [0.25, 0.3) is 11.5 Å². The van der Waals surface area contributed by atoms with Crippen molar-refractivity contribution in [2.45, 2.75) is 18.6 Å². The van der Waals surface area contributed by atoms with Crippen LogP contribution in [0, 0.1) is 0 Å². The standard InChI is InChI=1S/C16H16N2O4/c1-22-12-6-7-17-15(20)13(12)16(21)18-14-10-5-3-2-4-9(10)8-11(14)19/h2-7,11,14,19H,8H2,1H3,(H,17,20)(H,18,21)/t11-,14+/m1/s1. The van der Waals surface area contributed by atoms with E-state index in [1.165, 1.54) is 19.4 Å². The van der Waals surface area contributed by atoms with Gasteiger partial charge in [0.05, 0.1) is 19.3 Å². The van der Waals surface area contributed by atoms with Crippen molar-refractivity contribution >= 4 is 5.91 Å². The molecule has 3 rings (SSSR count). The van der Waals surface area contributed by atoms with E-state index < -0.39 is 23.6 Å². The molecule has 2 aromatic rings. The van der Waals surface area contributed by atoms with Gasteiger partial charge in [-0.25, -0.2) is 0 Å². The van der Waals surface area contributed by atoms with Crippen LogP contribution < -0.4 is 15.6 Å². The molecule has 6 heteroatoms. The highest BCUT2D eigenvalue weighted by atomic mass is 16.5. The Balaban J connectivity index is 1.91. The normalized spacial score (nSPS) is 19.5. The number of rotatable bonds is 3. The van der Waals surface area contributed by atoms with E-state index in [2.05, 4.69) is 10.3 Å². The van der Waals surface area contributed by atoms with Crippen molar-refractivity contribution in [2.75, 3.05) is 7.11 Å². The monoisotopic (exact) mass is 300 g/mol. The molecule has 6 nitrogen and oxygen atoms in total. The van der Waals surface area contributed by atoms with Crippen LogP contribution in [0.2, 0.25) is 0 Å². The average Bonchev–Trinajstić information content (AvgIpc) is 2.83. The molecule has 0 spiro atoms. The highest BCUT2D eigenvalue weighted by Crippen LogP contribution is 2.31. The maximum atomic E-state index is 12.4. The topological polar surface area (TPSA) is 91.4 Å². The van der Waals surface area contributed by atoms with Gasteiger partial charge in [-0.15, -0.1) is 0 Å². The number of methoxy groups -OCH3 is 1. The minimum absolute atomic E-state index is 0.0958. The molecule has 0 saturated heterocycles. The maximum Gasteiger partial charge on any atom is 0.264 e. The first kappa shape index (κ1) is 14.3. The van der Waals surface area contributed by atoms with E-state index >= 15 is 0 Å². The van der Waals surface area contributed by atoms with Gasteiger partial charge in [-0.05, 0) is 17.2 Å². The predicted molar refractivity (Wildman–Crippen MR) is 80.0 cm³/mol. The molecular weight excluding hydrogens is 284 g/mol. The Kier molecular flexibility index (Phi) is 3.68. The molecule has 1 amide bonds. The number of benzene rings is 1. The summed E-state index contributed by atoms with van der Waals surface area (Å²) in [4.78, 5) is 26.8. The Morgan fingerprint density at radius 3 is 2.91 bits per heavy atom. The van der Waals surface area contributed by atoms with Crippen LogP contribution in [0.1, 0.15) is 27.5 Å². The summed E-state index contributed by atoms with van der Waals surface area (Å²) in [5.41, 5.74) is 1.24. The smallest absolute Gasteiger partial charge is 0.264 e. The molecule has 1 aromatic heterocycles. The highest BCUT2D eigenvalue weighted by Gasteiger charge is 2.33. The Labute approximate surface area is 126 Å². The first-order valence-corrected chi connectivity index (χ1v) is 6.94. The van der Waals surface area contributed by atoms with Gasteiger partial charge in [-0.1, -0.05) is 24.3 Å². The highest BCUT2D eigenvalue weighted by molar-refractivity contribution is 5.96. The van der Waals surface area contributed by atoms with E-state index in [1.54, 1.807) is 0 Å². The molecule has 2 atom stereocenters. The van der Waals surface area contributed by atoms with Gasteiger partial charge in [0.2, 0.25) is 0 Å². The molecule has 0 aliphatic heterocycles. The fourth-order valence-electron chi connectivity index (χ4n) is 2.81. The quantitative estimate of drug-likeness (QED) is 0.781. The zero-order chi connectivity index (χ0) is 15.7. The van der Waals surface area contributed by atoms with Crippen molar-refractivity contribution in [2.24, 2.45) is 0 Å². The van der Waals surface area contributed by atoms with Gasteiger partial charge >= 0.3 is 0 Å². The summed E-state index contributed by atoms with van der Waals surface area (Å²) < 4.78 is 5.06. The molecule has 1 aliphatic carbocycles. The van der Waals surface area contributed by atoms with Crippen molar-refractivity contribution in [3.05, 3.63) is 63.6 Å². The lowest BCUT2D eigenvalue weighted by molar-refractivity contribution is 0.0853. The number of hydrogen-bond acceptors (Lipinski definition) is 4. The van der Waals surface area contributed by atoms with Crippen LogP contribution >= 0.6 is 0 Å². The molecule has 0 saturated carbocycles. The summed E-state index contributed by atoms with van der Waals surface area (Å²) >= 11 is 0. The number of ether oxygens (including phenoxy) is 1. The van der Waals surface area contributed by atoms with Crippen molar-refractivity contribution in [1.82, 2.24) is 10.3 Å². The van der Waals surface area contributed by atoms with Gasteiger partial charge < -0.3 is 20.1 Å². The SMILES string of the molecule is COc1cc[nH]c(=O)c1C(=O)N[C@H]1c2ccccc2C[C@H]1O. The number of aromatic nitrogens is 1. The first-order chi connectivity index (χ1) is 10.6. The number of H-pyrrole nitrogens is 1. The summed E-state index contributed by atoms with van der Waals surface area (Å²) in [5.74, 6) is -0.374. The van der Waals surface area contributed by atoms with Crippen LogP contribution in [0.3, 0.4) is 0 Å². The number of amides is 1. The third kappa shape index (κ3) is 2.37. The molecule has 0 bridgehead atoms. The number of pyridine rings is 1. The zero-order valence-electron chi connectivity index (χ0n) is 12.0. The summed E-state index contributed by atoms with van der Waals surface area (Å²) in [6.45, 7) is 0. The van der Waals surface area contributed by atoms with Crippen molar-refractivity contribution in [3.8, 4) is 5.75 Å². The second-order valence-electron chi connectivity index (χ2n) is 5.17. The Morgan fingerprint density at radius 2 is 2.14 bits per heavy atom. The fraction of sp³-hybridized carbons (Fsp3) is 0.250. The van der Waals surface area contributed by atoms with Gasteiger partial charge in [0, 0.05) is 12.6 Å². The Hall–Kier alpha value is -2.60. The molecule has 3 N–H and O–H groups in total. The number of aromatic amines is 1. The van der Waals surface area contributed by atoms with Gasteiger partial charge in [-0.2, -0.15) is 0 Å². The number of aliphatic hydroxyl groups is 1. The van der Waals surface area contributed by atoms with Crippen molar-refractivity contribution in [3.63, 3.8) is 0 Å². The molecule has 0 unspecified atom stereocenters. The van der Waals surface area contributed by atoms with E-state index in [-0.39, 0.29) is 11.3 Å². The zero-order valence-corrected chi connectivity index (χ0v) is 12.0. The summed E-state index contributed by atoms with van der Waals surface area (Å²) in [5, 5.41) is 12.9. The van der Waals surface area contributed by atoms with Crippen LogP contribution in [0.15, 0.2) is 41.3 Å². The minimum Gasteiger partial charge on any atom is -0.496 e. The lowest BCUT2D eigenvalue weighted by atomic mass is 10.1. The molecule has 1 aliphatic rings. The molecule has 1 aromatic carbocycles. The van der Waals surface area contributed by atoms with E-state index in [1.807, 2.05) is 24.3 Å². The second kappa shape index (κ2) is 5.65. The molecule has 22 heavy (non-hydrogen) atoms. The molecule has 1 heterocycles. The lowest BCUT2D eigenvalue weighted by Crippen LogP contribution is -2.36. The van der Waals surface area contributed by atoms with Crippen LogP contribution in [0.5, 0.6) is 5.75 Å². The number of carbonyl (C=O) groups is 1. The largest absolute Gasteiger partial charge is 0.496 e. The molecule has 114 valence electrons. The van der Waals surface area contributed by atoms with E-state index in [9.17, 15) is 14.7 Å². The van der Waals surface area contributed by atoms with Gasteiger partial charge in [0.15, 0.2) is 0 Å². The summed E-state index contributed by atoms with van der Waals surface area (Å²) in [6.07, 6.45) is 1.18. The van der Waals surface area contributed by atoms with E-state index in [0.29, 0.717) is 6.42 Å². The molecule has 0 fully saturated rings. The van der Waals surface area contributed by atoms with Gasteiger partial charge in [0.1, 0.15) is 11.3 Å². The third-order valence-electron chi connectivity index (χ3n) is 3.86. The average molecular weight is 300 g/mol. The van der Waals surface area contributed by atoms with Crippen LogP contribution in [0.4, 0.5) is 0 Å². The second-order valence-corrected chi connectivity index (χ2v) is 5.17. The summed E-state index contributed by atoms with van der Waals surface area (Å²) in [6, 6.07) is 8.50. The number of fused-ring (bicyclic) bond motifs is 1. The molecule has 0 radical (unpaired) electrons. The Bertz CT molecular complexity index is 769. The summed E-state index contributed by atoms with van der Waals surface area (Å²) in [7, 11) is 1.39. The Morgan fingerprint density at radius 1 is 1.36 bits per heavy atom. The first-order valence-electron chi connectivity index (χ1n) is 6.94. The van der Waals surface area contributed by atoms with Crippen LogP contribution in [0.25, 0.3) is 0 Å². The molecular formula is C16H16N2O4. The van der Waals surface area contributed by atoms with Gasteiger partial charge in [-0.3, -0.25) is 9.59 Å². The van der Waals surface area contributed by atoms with Crippen molar-refractivity contribution < 1.29 is 14.6 Å². The number of aliphatic hydroxyl groups excluding tert-OH is 1. The van der Waals surface area contributed by atoms with Crippen molar-refractivity contribution in [1.29, 1.82) is 0 Å². The minimum atomic E-state index is -0.713. The third-order valence-corrected chi connectivity index (χ3v) is 3.86. The number of nitrogens with one attached hydrogen (secondary N) is 2. The number of hydrogen-bond donors (Lipinski definition) is 3. The van der Waals surface area contributed by atoms with E-state index in [4.69, 9.17) is 4.74 Å². The van der Waals surface area contributed by atoms with E-state index in [0.717, 1.165) is 11.1 Å². The maximum absolute atomic E-state index is 12.4. The number of carbonyl (C=O) groups excluding carboxylic acids is 1. The van der Waals surface area contributed by atoms with Crippen LogP contribution in [-0.2, 0) is 6.42 Å².